The Morgan fingerprint density at radius 1 is 1.22 bits per heavy atom. The predicted molar refractivity (Wildman–Crippen MR) is 97.7 cm³/mol. The van der Waals surface area contributed by atoms with Crippen LogP contribution in [0.25, 0.3) is 0 Å². The van der Waals surface area contributed by atoms with Crippen molar-refractivity contribution >= 4 is 16.1 Å². The lowest BCUT2D eigenvalue weighted by Gasteiger charge is -2.33. The number of halogens is 1. The number of benzene rings is 1. The Bertz CT molecular complexity index is 839. The van der Waals surface area contributed by atoms with Crippen LogP contribution in [0.4, 0.5) is 9.18 Å². The van der Waals surface area contributed by atoms with E-state index in [0.717, 1.165) is 18.9 Å². The van der Waals surface area contributed by atoms with Crippen molar-refractivity contribution in [1.82, 2.24) is 14.5 Å². The van der Waals surface area contributed by atoms with Crippen LogP contribution in [-0.2, 0) is 16.6 Å². The molecule has 27 heavy (non-hydrogen) atoms. The standard InChI is InChI=1S/C18H23FN4O3S/c19-17-11-14(12-20)3-4-15(17)13-21-18(24)22-9-5-16(6-10-22)27(25,26)23-7-1-2-8-23/h3-4,11,16H,1-2,5-10,13H2,(H,21,24). The number of rotatable bonds is 4. The lowest BCUT2D eigenvalue weighted by atomic mass is 10.1. The van der Waals surface area contributed by atoms with Gasteiger partial charge in [-0.05, 0) is 37.8 Å². The third-order valence-electron chi connectivity index (χ3n) is 5.19. The van der Waals surface area contributed by atoms with Gasteiger partial charge in [-0.3, -0.25) is 0 Å². The first kappa shape index (κ1) is 19.6. The molecule has 0 bridgehead atoms. The molecule has 1 aromatic rings. The van der Waals surface area contributed by atoms with Gasteiger partial charge in [0, 0.05) is 38.3 Å². The lowest BCUT2D eigenvalue weighted by molar-refractivity contribution is 0.185. The number of urea groups is 1. The minimum atomic E-state index is -3.28. The summed E-state index contributed by atoms with van der Waals surface area (Å²) in [5.74, 6) is -0.537. The maximum absolute atomic E-state index is 13.9. The van der Waals surface area contributed by atoms with E-state index < -0.39 is 21.1 Å². The number of carbonyl (C=O) groups is 1. The van der Waals surface area contributed by atoms with Crippen molar-refractivity contribution in [3.8, 4) is 6.07 Å². The largest absolute Gasteiger partial charge is 0.334 e. The molecule has 3 rings (SSSR count). The summed E-state index contributed by atoms with van der Waals surface area (Å²) in [7, 11) is -3.28. The zero-order chi connectivity index (χ0) is 19.4. The maximum Gasteiger partial charge on any atom is 0.317 e. The average Bonchev–Trinajstić information content (AvgIpc) is 3.22. The normalized spacial score (nSPS) is 19.0. The molecule has 2 aliphatic heterocycles. The van der Waals surface area contributed by atoms with Gasteiger partial charge in [0.05, 0.1) is 16.9 Å². The number of amides is 2. The SMILES string of the molecule is N#Cc1ccc(CNC(=O)N2CCC(S(=O)(=O)N3CCCC3)CC2)c(F)c1. The molecule has 146 valence electrons. The van der Waals surface area contributed by atoms with E-state index in [0.29, 0.717) is 44.6 Å². The molecule has 0 aromatic heterocycles. The first-order valence-corrected chi connectivity index (χ1v) is 10.6. The monoisotopic (exact) mass is 394 g/mol. The van der Waals surface area contributed by atoms with Crippen molar-refractivity contribution in [2.24, 2.45) is 0 Å². The molecule has 0 atom stereocenters. The van der Waals surface area contributed by atoms with Crippen LogP contribution in [0.1, 0.15) is 36.8 Å². The van der Waals surface area contributed by atoms with Gasteiger partial charge in [0.15, 0.2) is 0 Å². The Morgan fingerprint density at radius 3 is 2.48 bits per heavy atom. The van der Waals surface area contributed by atoms with Crippen LogP contribution < -0.4 is 5.32 Å². The summed E-state index contributed by atoms with van der Waals surface area (Å²) in [6.07, 6.45) is 2.65. The van der Waals surface area contributed by atoms with E-state index in [-0.39, 0.29) is 18.1 Å². The van der Waals surface area contributed by atoms with Gasteiger partial charge in [0.2, 0.25) is 10.0 Å². The number of piperidine rings is 1. The predicted octanol–water partition coefficient (Wildman–Crippen LogP) is 1.80. The highest BCUT2D eigenvalue weighted by atomic mass is 32.2. The fourth-order valence-electron chi connectivity index (χ4n) is 3.55. The summed E-state index contributed by atoms with van der Waals surface area (Å²) in [6, 6.07) is 5.63. The van der Waals surface area contributed by atoms with Crippen LogP contribution in [0.3, 0.4) is 0 Å². The Kier molecular flexibility index (Phi) is 5.97. The minimum absolute atomic E-state index is 0.0163. The Balaban J connectivity index is 1.51. The van der Waals surface area contributed by atoms with Gasteiger partial charge in [-0.25, -0.2) is 21.9 Å². The summed E-state index contributed by atoms with van der Waals surface area (Å²) in [4.78, 5) is 13.9. The van der Waals surface area contributed by atoms with E-state index in [9.17, 15) is 17.6 Å². The van der Waals surface area contributed by atoms with Gasteiger partial charge in [0.25, 0.3) is 0 Å². The quantitative estimate of drug-likeness (QED) is 0.843. The highest BCUT2D eigenvalue weighted by Crippen LogP contribution is 2.24. The fourth-order valence-corrected chi connectivity index (χ4v) is 5.55. The molecule has 0 aliphatic carbocycles. The van der Waals surface area contributed by atoms with E-state index in [1.54, 1.807) is 9.21 Å². The Morgan fingerprint density at radius 2 is 1.89 bits per heavy atom. The number of hydrogen-bond acceptors (Lipinski definition) is 4. The first-order valence-electron chi connectivity index (χ1n) is 9.12. The average molecular weight is 394 g/mol. The topological polar surface area (TPSA) is 93.5 Å². The van der Waals surface area contributed by atoms with Crippen LogP contribution in [0.5, 0.6) is 0 Å². The van der Waals surface area contributed by atoms with E-state index in [1.807, 2.05) is 6.07 Å². The molecule has 7 nitrogen and oxygen atoms in total. The fraction of sp³-hybridized carbons (Fsp3) is 0.556. The Hall–Kier alpha value is -2.18. The van der Waals surface area contributed by atoms with Gasteiger partial charge in [-0.2, -0.15) is 5.26 Å². The van der Waals surface area contributed by atoms with E-state index >= 15 is 0 Å². The minimum Gasteiger partial charge on any atom is -0.334 e. The molecule has 2 fully saturated rings. The van der Waals surface area contributed by atoms with Crippen LogP contribution in [-0.4, -0.2) is 55.1 Å². The second-order valence-corrected chi connectivity index (χ2v) is 9.13. The van der Waals surface area contributed by atoms with Crippen molar-refractivity contribution < 1.29 is 17.6 Å². The summed E-state index contributed by atoms with van der Waals surface area (Å²) in [6.45, 7) is 1.93. The molecule has 1 aromatic carbocycles. The second kappa shape index (κ2) is 8.23. The molecule has 2 aliphatic rings. The van der Waals surface area contributed by atoms with E-state index in [4.69, 9.17) is 5.26 Å². The summed E-state index contributed by atoms with van der Waals surface area (Å²) < 4.78 is 40.7. The van der Waals surface area contributed by atoms with Crippen LogP contribution in [0, 0.1) is 17.1 Å². The number of carbonyl (C=O) groups excluding carboxylic acids is 1. The molecule has 2 saturated heterocycles. The molecular formula is C18H23FN4O3S. The van der Waals surface area contributed by atoms with Crippen molar-refractivity contribution in [3.05, 3.63) is 35.1 Å². The molecule has 0 unspecified atom stereocenters. The lowest BCUT2D eigenvalue weighted by Crippen LogP contribution is -2.48. The molecule has 0 radical (unpaired) electrons. The number of nitriles is 1. The first-order chi connectivity index (χ1) is 12.9. The van der Waals surface area contributed by atoms with Crippen molar-refractivity contribution in [3.63, 3.8) is 0 Å². The van der Waals surface area contributed by atoms with Gasteiger partial charge in [-0.1, -0.05) is 6.07 Å². The third kappa shape index (κ3) is 4.39. The summed E-state index contributed by atoms with van der Waals surface area (Å²) in [5.41, 5.74) is 0.526. The summed E-state index contributed by atoms with van der Waals surface area (Å²) in [5, 5.41) is 11.0. The second-order valence-electron chi connectivity index (χ2n) is 6.91. The number of likely N-dealkylation sites (tertiary alicyclic amines) is 1. The number of sulfonamides is 1. The van der Waals surface area contributed by atoms with E-state index in [2.05, 4.69) is 5.32 Å². The number of hydrogen-bond donors (Lipinski definition) is 1. The van der Waals surface area contributed by atoms with Crippen LogP contribution >= 0.6 is 0 Å². The highest BCUT2D eigenvalue weighted by Gasteiger charge is 2.36. The third-order valence-corrected chi connectivity index (χ3v) is 7.59. The highest BCUT2D eigenvalue weighted by molar-refractivity contribution is 7.89. The molecular weight excluding hydrogens is 371 g/mol. The van der Waals surface area contributed by atoms with Gasteiger partial charge in [0.1, 0.15) is 5.82 Å². The molecule has 2 heterocycles. The number of nitrogens with one attached hydrogen (secondary N) is 1. The maximum atomic E-state index is 13.9. The molecule has 2 amide bonds. The van der Waals surface area contributed by atoms with Crippen molar-refractivity contribution in [2.75, 3.05) is 26.2 Å². The molecule has 1 N–H and O–H groups in total. The van der Waals surface area contributed by atoms with Crippen LogP contribution in [0.2, 0.25) is 0 Å². The van der Waals surface area contributed by atoms with E-state index in [1.165, 1.54) is 12.1 Å². The van der Waals surface area contributed by atoms with Crippen molar-refractivity contribution in [2.45, 2.75) is 37.5 Å². The number of nitrogens with zero attached hydrogens (tertiary/aromatic N) is 3. The van der Waals surface area contributed by atoms with Gasteiger partial charge in [-0.15, -0.1) is 0 Å². The summed E-state index contributed by atoms with van der Waals surface area (Å²) >= 11 is 0. The molecule has 0 spiro atoms. The molecule has 9 heteroatoms. The molecule has 0 saturated carbocycles. The smallest absolute Gasteiger partial charge is 0.317 e. The Labute approximate surface area is 158 Å². The van der Waals surface area contributed by atoms with Crippen LogP contribution in [0.15, 0.2) is 18.2 Å². The van der Waals surface area contributed by atoms with Gasteiger partial charge < -0.3 is 10.2 Å². The zero-order valence-electron chi connectivity index (χ0n) is 15.0. The zero-order valence-corrected chi connectivity index (χ0v) is 15.8. The van der Waals surface area contributed by atoms with Gasteiger partial charge >= 0.3 is 6.03 Å². The van der Waals surface area contributed by atoms with Crippen molar-refractivity contribution in [1.29, 1.82) is 5.26 Å².